The van der Waals surface area contributed by atoms with Crippen LogP contribution in [0.2, 0.25) is 4.34 Å². The minimum atomic E-state index is -0.111. The molecule has 2 rings (SSSR count). The monoisotopic (exact) mass is 310 g/mol. The summed E-state index contributed by atoms with van der Waals surface area (Å²) in [6, 6.07) is 8.73. The van der Waals surface area contributed by atoms with Crippen LogP contribution in [-0.2, 0) is 6.54 Å². The number of hydrogen-bond donors (Lipinski definition) is 1. The van der Waals surface area contributed by atoms with Crippen molar-refractivity contribution in [3.8, 4) is 5.75 Å². The number of rotatable bonds is 4. The van der Waals surface area contributed by atoms with Gasteiger partial charge in [-0.1, -0.05) is 11.6 Å². The number of carbonyl (C=O) groups is 1. The Morgan fingerprint density at radius 2 is 2.15 bits per heavy atom. The van der Waals surface area contributed by atoms with Crippen LogP contribution in [0.4, 0.5) is 5.69 Å². The number of hydrogen-bond acceptors (Lipinski definition) is 4. The predicted octanol–water partition coefficient (Wildman–Crippen LogP) is 3.26. The minimum absolute atomic E-state index is 0.111. The van der Waals surface area contributed by atoms with Gasteiger partial charge in [0.25, 0.3) is 5.91 Å². The molecule has 0 bridgehead atoms. The van der Waals surface area contributed by atoms with Gasteiger partial charge in [-0.2, -0.15) is 0 Å². The van der Waals surface area contributed by atoms with Crippen molar-refractivity contribution >= 4 is 34.5 Å². The van der Waals surface area contributed by atoms with Crippen LogP contribution in [0, 0.1) is 0 Å². The van der Waals surface area contributed by atoms with Crippen molar-refractivity contribution in [2.24, 2.45) is 0 Å². The first-order valence-electron chi connectivity index (χ1n) is 5.94. The average Bonchev–Trinajstić information content (AvgIpc) is 2.82. The Bertz CT molecular complexity index is 627. The number of amides is 1. The molecular weight excluding hydrogens is 296 g/mol. The second-order valence-electron chi connectivity index (χ2n) is 4.36. The van der Waals surface area contributed by atoms with Crippen molar-refractivity contribution in [2.75, 3.05) is 19.9 Å². The highest BCUT2D eigenvalue weighted by Gasteiger charge is 2.14. The van der Waals surface area contributed by atoms with Crippen LogP contribution < -0.4 is 10.5 Å². The topological polar surface area (TPSA) is 55.6 Å². The van der Waals surface area contributed by atoms with Crippen molar-refractivity contribution in [2.45, 2.75) is 6.54 Å². The summed E-state index contributed by atoms with van der Waals surface area (Å²) in [7, 11) is 3.28. The number of methoxy groups -OCH3 is 1. The average molecular weight is 311 g/mol. The number of ether oxygens (including phenoxy) is 1. The fraction of sp³-hybridized carbons (Fsp3) is 0.214. The smallest absolute Gasteiger partial charge is 0.254 e. The third-order valence-corrected chi connectivity index (χ3v) is 4.00. The van der Waals surface area contributed by atoms with Crippen LogP contribution in [-0.4, -0.2) is 25.0 Å². The predicted molar refractivity (Wildman–Crippen MR) is 82.5 cm³/mol. The molecule has 2 N–H and O–H groups in total. The second-order valence-corrected chi connectivity index (χ2v) is 6.16. The first-order valence-corrected chi connectivity index (χ1v) is 7.13. The van der Waals surface area contributed by atoms with Gasteiger partial charge >= 0.3 is 0 Å². The number of nitrogen functional groups attached to an aromatic ring is 1. The molecule has 1 aromatic carbocycles. The quantitative estimate of drug-likeness (QED) is 0.882. The van der Waals surface area contributed by atoms with Crippen molar-refractivity contribution in [1.29, 1.82) is 0 Å². The van der Waals surface area contributed by atoms with Crippen molar-refractivity contribution in [3.63, 3.8) is 0 Å². The van der Waals surface area contributed by atoms with Crippen LogP contribution in [0.25, 0.3) is 0 Å². The molecule has 0 unspecified atom stereocenters. The summed E-state index contributed by atoms with van der Waals surface area (Å²) >= 11 is 7.34. The minimum Gasteiger partial charge on any atom is -0.497 e. The summed E-state index contributed by atoms with van der Waals surface area (Å²) in [5.41, 5.74) is 6.77. The molecule has 0 saturated carbocycles. The largest absolute Gasteiger partial charge is 0.497 e. The standard InChI is InChI=1S/C14H15ClN2O2S/c1-17(8-12-3-4-13(15)20-12)14(18)9-5-10(16)7-11(6-9)19-2/h3-7H,8,16H2,1-2H3. The van der Waals surface area contributed by atoms with Gasteiger partial charge < -0.3 is 15.4 Å². The molecule has 20 heavy (non-hydrogen) atoms. The van der Waals surface area contributed by atoms with Gasteiger partial charge in [-0.3, -0.25) is 4.79 Å². The maximum Gasteiger partial charge on any atom is 0.254 e. The van der Waals surface area contributed by atoms with Crippen molar-refractivity contribution < 1.29 is 9.53 Å². The molecule has 0 atom stereocenters. The molecule has 1 amide bonds. The molecule has 0 saturated heterocycles. The van der Waals surface area contributed by atoms with Crippen LogP contribution in [0.15, 0.2) is 30.3 Å². The Balaban J connectivity index is 2.15. The van der Waals surface area contributed by atoms with Gasteiger partial charge in [0, 0.05) is 29.2 Å². The number of nitrogens with zero attached hydrogens (tertiary/aromatic N) is 1. The van der Waals surface area contributed by atoms with E-state index in [0.29, 0.717) is 27.9 Å². The second kappa shape index (κ2) is 6.15. The third kappa shape index (κ3) is 3.43. The molecule has 1 heterocycles. The first-order chi connectivity index (χ1) is 9.49. The molecule has 0 aliphatic rings. The molecule has 4 nitrogen and oxygen atoms in total. The van der Waals surface area contributed by atoms with Gasteiger partial charge in [-0.05, 0) is 24.3 Å². The number of carbonyl (C=O) groups excluding carboxylic acids is 1. The number of thiophene rings is 1. The van der Waals surface area contributed by atoms with E-state index in [1.54, 1.807) is 37.3 Å². The lowest BCUT2D eigenvalue weighted by Crippen LogP contribution is -2.25. The van der Waals surface area contributed by atoms with Crippen LogP contribution in [0.3, 0.4) is 0 Å². The zero-order valence-electron chi connectivity index (χ0n) is 11.2. The number of halogens is 1. The molecule has 106 valence electrons. The zero-order valence-corrected chi connectivity index (χ0v) is 12.8. The van der Waals surface area contributed by atoms with Crippen LogP contribution in [0.5, 0.6) is 5.75 Å². The molecule has 1 aromatic heterocycles. The Labute approximate surface area is 126 Å². The van der Waals surface area contributed by atoms with Crippen molar-refractivity contribution in [3.05, 3.63) is 45.1 Å². The summed E-state index contributed by atoms with van der Waals surface area (Å²) < 4.78 is 5.84. The summed E-state index contributed by atoms with van der Waals surface area (Å²) in [6.45, 7) is 0.507. The summed E-state index contributed by atoms with van der Waals surface area (Å²) in [4.78, 5) is 15.0. The zero-order chi connectivity index (χ0) is 14.7. The van der Waals surface area contributed by atoms with E-state index in [1.165, 1.54) is 11.3 Å². The summed E-state index contributed by atoms with van der Waals surface area (Å²) in [5, 5.41) is 0. The fourth-order valence-corrected chi connectivity index (χ4v) is 2.97. The highest BCUT2D eigenvalue weighted by Crippen LogP contribution is 2.24. The highest BCUT2D eigenvalue weighted by molar-refractivity contribution is 7.16. The molecule has 6 heteroatoms. The van der Waals surface area contributed by atoms with Crippen molar-refractivity contribution in [1.82, 2.24) is 4.90 Å². The third-order valence-electron chi connectivity index (χ3n) is 2.78. The number of anilines is 1. The summed E-state index contributed by atoms with van der Waals surface area (Å²) in [5.74, 6) is 0.459. The van der Waals surface area contributed by atoms with E-state index in [1.807, 2.05) is 12.1 Å². The van der Waals surface area contributed by atoms with Gasteiger partial charge in [0.15, 0.2) is 0 Å². The Hall–Kier alpha value is -1.72. The maximum atomic E-state index is 12.4. The molecular formula is C14H15ClN2O2S. The van der Waals surface area contributed by atoms with Gasteiger partial charge in [0.05, 0.1) is 18.0 Å². The van der Waals surface area contributed by atoms with Gasteiger partial charge in [-0.25, -0.2) is 0 Å². The number of benzene rings is 1. The van der Waals surface area contributed by atoms with E-state index >= 15 is 0 Å². The normalized spacial score (nSPS) is 10.3. The van der Waals surface area contributed by atoms with E-state index in [4.69, 9.17) is 22.1 Å². The van der Waals surface area contributed by atoms with Crippen LogP contribution >= 0.6 is 22.9 Å². The fourth-order valence-electron chi connectivity index (χ4n) is 1.83. The number of nitrogens with two attached hydrogens (primary N) is 1. The lowest BCUT2D eigenvalue weighted by atomic mass is 10.1. The van der Waals surface area contributed by atoms with E-state index in [-0.39, 0.29) is 5.91 Å². The van der Waals surface area contributed by atoms with E-state index < -0.39 is 0 Å². The summed E-state index contributed by atoms with van der Waals surface area (Å²) in [6.07, 6.45) is 0. The lowest BCUT2D eigenvalue weighted by molar-refractivity contribution is 0.0786. The Morgan fingerprint density at radius 3 is 2.75 bits per heavy atom. The maximum absolute atomic E-state index is 12.4. The molecule has 0 aliphatic heterocycles. The highest BCUT2D eigenvalue weighted by atomic mass is 35.5. The van der Waals surface area contributed by atoms with Gasteiger partial charge in [0.1, 0.15) is 5.75 Å². The Morgan fingerprint density at radius 1 is 1.40 bits per heavy atom. The van der Waals surface area contributed by atoms with Crippen LogP contribution in [0.1, 0.15) is 15.2 Å². The molecule has 0 spiro atoms. The molecule has 0 aliphatic carbocycles. The molecule has 0 fully saturated rings. The first kappa shape index (κ1) is 14.7. The van der Waals surface area contributed by atoms with E-state index in [0.717, 1.165) is 4.88 Å². The SMILES string of the molecule is COc1cc(N)cc(C(=O)N(C)Cc2ccc(Cl)s2)c1. The lowest BCUT2D eigenvalue weighted by Gasteiger charge is -2.17. The Kier molecular flexibility index (Phi) is 4.52. The molecule has 0 radical (unpaired) electrons. The van der Waals surface area contributed by atoms with E-state index in [2.05, 4.69) is 0 Å². The van der Waals surface area contributed by atoms with Gasteiger partial charge in [0.2, 0.25) is 0 Å². The molecule has 2 aromatic rings. The van der Waals surface area contributed by atoms with Gasteiger partial charge in [-0.15, -0.1) is 11.3 Å². The van der Waals surface area contributed by atoms with E-state index in [9.17, 15) is 4.79 Å².